The Labute approximate surface area is 87.5 Å². The number of rotatable bonds is 4. The smallest absolute Gasteiger partial charge is 0.131 e. The molecule has 0 spiro atoms. The molecule has 0 aliphatic carbocycles. The van der Waals surface area contributed by atoms with Gasteiger partial charge in [0.15, 0.2) is 0 Å². The monoisotopic (exact) mass is 213 g/mol. The molecule has 0 amide bonds. The lowest BCUT2D eigenvalue weighted by Gasteiger charge is -2.04. The van der Waals surface area contributed by atoms with E-state index < -0.39 is 0 Å². The predicted octanol–water partition coefficient (Wildman–Crippen LogP) is 2.04. The molecule has 13 heavy (non-hydrogen) atoms. The summed E-state index contributed by atoms with van der Waals surface area (Å²) >= 11 is 6.15. The molecule has 2 N–H and O–H groups in total. The molecule has 0 radical (unpaired) electrons. The second-order valence-corrected chi connectivity index (χ2v) is 4.16. The molecule has 1 aromatic carbocycles. The third-order valence-corrected chi connectivity index (χ3v) is 2.35. The fourth-order valence-electron chi connectivity index (χ4n) is 0.818. The van der Waals surface area contributed by atoms with Gasteiger partial charge in [0.25, 0.3) is 0 Å². The molecule has 0 saturated carbocycles. The molecule has 0 fully saturated rings. The van der Waals surface area contributed by atoms with E-state index >= 15 is 0 Å². The molecule has 0 aliphatic heterocycles. The molecular weight excluding hydrogens is 202 g/mol. The Hall–Kier alpha value is -0.740. The summed E-state index contributed by atoms with van der Waals surface area (Å²) in [5.41, 5.74) is 5.31. The van der Waals surface area contributed by atoms with E-state index in [1.54, 1.807) is 0 Å². The molecule has 2 nitrogen and oxygen atoms in total. The van der Waals surface area contributed by atoms with Crippen LogP contribution in [0.5, 0.6) is 5.75 Å². The van der Waals surface area contributed by atoms with Gasteiger partial charge in [-0.05, 0) is 12.1 Å². The van der Waals surface area contributed by atoms with Crippen molar-refractivity contribution in [2.45, 2.75) is 0 Å². The lowest BCUT2D eigenvalue weighted by atomic mass is 10.3. The van der Waals surface area contributed by atoms with E-state index in [4.69, 9.17) is 22.7 Å². The van der Waals surface area contributed by atoms with Gasteiger partial charge in [0.2, 0.25) is 0 Å². The maximum absolute atomic E-state index is 5.42. The fourth-order valence-corrected chi connectivity index (χ4v) is 1.44. The summed E-state index contributed by atoms with van der Waals surface area (Å²) in [5.74, 6) is 1.68. The normalized spacial score (nSPS) is 9.54. The van der Waals surface area contributed by atoms with Gasteiger partial charge in [-0.2, -0.15) is 0 Å². The lowest BCUT2D eigenvalue weighted by Crippen LogP contribution is -2.07. The van der Waals surface area contributed by atoms with Crippen LogP contribution in [-0.4, -0.2) is 16.7 Å². The van der Waals surface area contributed by atoms with Crippen LogP contribution in [0.4, 0.5) is 0 Å². The summed E-state index contributed by atoms with van der Waals surface area (Å²) in [5, 5.41) is 0. The topological polar surface area (TPSA) is 35.2 Å². The Bertz CT molecular complexity index is 264. The van der Waals surface area contributed by atoms with Crippen LogP contribution in [0.25, 0.3) is 0 Å². The zero-order chi connectivity index (χ0) is 9.52. The van der Waals surface area contributed by atoms with Gasteiger partial charge in [-0.3, -0.25) is 0 Å². The summed E-state index contributed by atoms with van der Waals surface area (Å²) in [4.78, 5) is 0. The summed E-state index contributed by atoms with van der Waals surface area (Å²) in [6.45, 7) is 0.631. The number of nitrogens with two attached hydrogens (primary N) is 1. The number of thiocarbonyl (C=S) groups is 1. The zero-order valence-electron chi connectivity index (χ0n) is 7.10. The molecule has 1 rings (SSSR count). The van der Waals surface area contributed by atoms with E-state index in [2.05, 4.69) is 0 Å². The molecule has 0 heterocycles. The lowest BCUT2D eigenvalue weighted by molar-refractivity contribution is 0.344. The highest BCUT2D eigenvalue weighted by atomic mass is 32.2. The average Bonchev–Trinajstić information content (AvgIpc) is 2.14. The fraction of sp³-hybridized carbons (Fsp3) is 0.222. The van der Waals surface area contributed by atoms with Gasteiger partial charge < -0.3 is 10.5 Å². The summed E-state index contributed by atoms with van der Waals surface area (Å²) < 4.78 is 5.89. The Kier molecular flexibility index (Phi) is 4.64. The minimum atomic E-state index is 0.469. The van der Waals surface area contributed by atoms with Crippen LogP contribution < -0.4 is 10.5 Å². The third-order valence-electron chi connectivity index (χ3n) is 1.34. The van der Waals surface area contributed by atoms with Gasteiger partial charge in [0.1, 0.15) is 10.1 Å². The minimum Gasteiger partial charge on any atom is -0.493 e. The first-order chi connectivity index (χ1) is 6.29. The van der Waals surface area contributed by atoms with Crippen molar-refractivity contribution in [2.24, 2.45) is 5.73 Å². The van der Waals surface area contributed by atoms with Gasteiger partial charge in [0.05, 0.1) is 6.61 Å². The quantitative estimate of drug-likeness (QED) is 0.613. The number of thioether (sulfide) groups is 1. The summed E-state index contributed by atoms with van der Waals surface area (Å²) in [6, 6.07) is 9.68. The van der Waals surface area contributed by atoms with Crippen molar-refractivity contribution in [1.82, 2.24) is 0 Å². The van der Waals surface area contributed by atoms with Gasteiger partial charge >= 0.3 is 0 Å². The molecule has 0 bridgehead atoms. The number of ether oxygens (including phenoxy) is 1. The molecule has 4 heteroatoms. The largest absolute Gasteiger partial charge is 0.493 e. The number of hydrogen-bond donors (Lipinski definition) is 1. The first kappa shape index (κ1) is 10.3. The highest BCUT2D eigenvalue weighted by Gasteiger charge is 1.93. The van der Waals surface area contributed by atoms with Gasteiger partial charge in [-0.15, -0.1) is 0 Å². The highest BCUT2D eigenvalue weighted by Crippen LogP contribution is 2.09. The number of para-hydroxylation sites is 1. The van der Waals surface area contributed by atoms with E-state index in [9.17, 15) is 0 Å². The zero-order valence-corrected chi connectivity index (χ0v) is 8.74. The van der Waals surface area contributed by atoms with E-state index in [1.807, 2.05) is 30.3 Å². The number of benzene rings is 1. The predicted molar refractivity (Wildman–Crippen MR) is 61.2 cm³/mol. The molecule has 1 aromatic rings. The first-order valence-corrected chi connectivity index (χ1v) is 5.28. The van der Waals surface area contributed by atoms with Crippen LogP contribution in [0, 0.1) is 0 Å². The second-order valence-electron chi connectivity index (χ2n) is 2.33. The van der Waals surface area contributed by atoms with Crippen LogP contribution in [0.2, 0.25) is 0 Å². The van der Waals surface area contributed by atoms with Gasteiger partial charge in [-0.1, -0.05) is 42.2 Å². The van der Waals surface area contributed by atoms with Crippen LogP contribution in [-0.2, 0) is 0 Å². The van der Waals surface area contributed by atoms with Crippen molar-refractivity contribution in [1.29, 1.82) is 0 Å². The first-order valence-electron chi connectivity index (χ1n) is 3.89. The van der Waals surface area contributed by atoms with Crippen molar-refractivity contribution in [3.8, 4) is 5.75 Å². The minimum absolute atomic E-state index is 0.469. The maximum Gasteiger partial charge on any atom is 0.131 e. The van der Waals surface area contributed by atoms with Crippen LogP contribution >= 0.6 is 24.0 Å². The molecule has 0 aromatic heterocycles. The Morgan fingerprint density at radius 3 is 2.69 bits per heavy atom. The summed E-state index contributed by atoms with van der Waals surface area (Å²) in [7, 11) is 0. The van der Waals surface area contributed by atoms with Crippen molar-refractivity contribution >= 4 is 28.3 Å². The van der Waals surface area contributed by atoms with Gasteiger partial charge in [-0.25, -0.2) is 0 Å². The number of hydrogen-bond acceptors (Lipinski definition) is 3. The standard InChI is InChI=1S/C9H11NOS2/c10-9(12)13-7-6-11-8-4-2-1-3-5-8/h1-5H,6-7H2,(H2,10,12). The SMILES string of the molecule is NC(=S)SCCOc1ccccc1. The molecule has 0 saturated heterocycles. The van der Waals surface area contributed by atoms with E-state index in [-0.39, 0.29) is 0 Å². The Morgan fingerprint density at radius 2 is 2.08 bits per heavy atom. The van der Waals surface area contributed by atoms with Crippen LogP contribution in [0.1, 0.15) is 0 Å². The third kappa shape index (κ3) is 4.75. The van der Waals surface area contributed by atoms with Crippen molar-refractivity contribution in [2.75, 3.05) is 12.4 Å². The molecule has 70 valence electrons. The van der Waals surface area contributed by atoms with Crippen molar-refractivity contribution in [3.63, 3.8) is 0 Å². The average molecular weight is 213 g/mol. The molecule has 0 atom stereocenters. The Balaban J connectivity index is 2.17. The highest BCUT2D eigenvalue weighted by molar-refractivity contribution is 8.22. The van der Waals surface area contributed by atoms with Crippen molar-refractivity contribution < 1.29 is 4.74 Å². The van der Waals surface area contributed by atoms with E-state index in [1.165, 1.54) is 11.8 Å². The van der Waals surface area contributed by atoms with E-state index in [0.717, 1.165) is 11.5 Å². The molecule has 0 aliphatic rings. The summed E-state index contributed by atoms with van der Waals surface area (Å²) in [6.07, 6.45) is 0. The maximum atomic E-state index is 5.42. The van der Waals surface area contributed by atoms with Crippen LogP contribution in [0.3, 0.4) is 0 Å². The van der Waals surface area contributed by atoms with Gasteiger partial charge in [0, 0.05) is 5.75 Å². The van der Waals surface area contributed by atoms with Crippen LogP contribution in [0.15, 0.2) is 30.3 Å². The van der Waals surface area contributed by atoms with Crippen molar-refractivity contribution in [3.05, 3.63) is 30.3 Å². The molecule has 0 unspecified atom stereocenters. The second kappa shape index (κ2) is 5.83. The molecular formula is C9H11NOS2. The van der Waals surface area contributed by atoms with E-state index in [0.29, 0.717) is 10.9 Å². The Morgan fingerprint density at radius 1 is 1.38 bits per heavy atom.